The monoisotopic (exact) mass is 410 g/mol. The molecule has 1 saturated heterocycles. The van der Waals surface area contributed by atoms with Gasteiger partial charge in [-0.2, -0.15) is 0 Å². The van der Waals surface area contributed by atoms with Crippen LogP contribution in [0.5, 0.6) is 17.2 Å². The molecule has 2 aromatic rings. The third-order valence-electron chi connectivity index (χ3n) is 4.92. The second-order valence-corrected chi connectivity index (χ2v) is 6.83. The van der Waals surface area contributed by atoms with Crippen LogP contribution in [0.25, 0.3) is 6.08 Å². The van der Waals surface area contributed by atoms with Gasteiger partial charge < -0.3 is 24.4 Å². The first-order chi connectivity index (χ1) is 14.6. The van der Waals surface area contributed by atoms with Crippen LogP contribution in [0, 0.1) is 0 Å². The van der Waals surface area contributed by atoms with Gasteiger partial charge in [0.2, 0.25) is 11.7 Å². The Hall–Kier alpha value is -3.48. The summed E-state index contributed by atoms with van der Waals surface area (Å²) in [6.07, 6.45) is 5.07. The molecule has 2 amide bonds. The lowest BCUT2D eigenvalue weighted by atomic mass is 10.1. The average molecular weight is 410 g/mol. The smallest absolute Gasteiger partial charge is 0.255 e. The topological polar surface area (TPSA) is 77.1 Å². The van der Waals surface area contributed by atoms with Gasteiger partial charge in [-0.15, -0.1) is 0 Å². The van der Waals surface area contributed by atoms with E-state index in [1.807, 2.05) is 4.90 Å². The average Bonchev–Trinajstić information content (AvgIpc) is 3.31. The quantitative estimate of drug-likeness (QED) is 0.706. The zero-order valence-electron chi connectivity index (χ0n) is 17.4. The fraction of sp³-hybridized carbons (Fsp3) is 0.304. The van der Waals surface area contributed by atoms with Crippen LogP contribution in [0.4, 0.5) is 5.69 Å². The second kappa shape index (κ2) is 9.82. The number of likely N-dealkylation sites (tertiary alicyclic amines) is 1. The molecule has 2 aromatic carbocycles. The number of nitrogens with zero attached hydrogens (tertiary/aromatic N) is 1. The van der Waals surface area contributed by atoms with E-state index in [1.165, 1.54) is 27.4 Å². The van der Waals surface area contributed by atoms with E-state index >= 15 is 0 Å². The number of carbonyl (C=O) groups excluding carboxylic acids is 2. The Balaban J connectivity index is 1.76. The number of hydrogen-bond donors (Lipinski definition) is 1. The lowest BCUT2D eigenvalue weighted by Gasteiger charge is -2.17. The Morgan fingerprint density at radius 3 is 2.20 bits per heavy atom. The van der Waals surface area contributed by atoms with Crippen molar-refractivity contribution in [3.05, 3.63) is 53.6 Å². The molecular weight excluding hydrogens is 384 g/mol. The van der Waals surface area contributed by atoms with Gasteiger partial charge >= 0.3 is 0 Å². The van der Waals surface area contributed by atoms with Crippen LogP contribution >= 0.6 is 0 Å². The molecule has 0 bridgehead atoms. The van der Waals surface area contributed by atoms with Gasteiger partial charge in [0, 0.05) is 19.2 Å². The van der Waals surface area contributed by atoms with E-state index in [-0.39, 0.29) is 11.8 Å². The minimum absolute atomic E-state index is 0.0583. The summed E-state index contributed by atoms with van der Waals surface area (Å²) < 4.78 is 16.0. The standard InChI is InChI=1S/C23H26N2O5/c1-28-19-14-16(15-20(29-2)22(19)30-3)10-11-21(26)24-18-9-5-4-8-17(18)23(27)25-12-6-7-13-25/h4-5,8-11,14-15H,6-7,12-13H2,1-3H3,(H,24,26)/b11-10+. The number of nitrogens with one attached hydrogen (secondary N) is 1. The number of carbonyl (C=O) groups is 2. The molecule has 1 heterocycles. The van der Waals surface area contributed by atoms with Gasteiger partial charge in [-0.3, -0.25) is 9.59 Å². The van der Waals surface area contributed by atoms with Crippen molar-refractivity contribution in [1.82, 2.24) is 4.90 Å². The highest BCUT2D eigenvalue weighted by Crippen LogP contribution is 2.38. The number of hydrogen-bond acceptors (Lipinski definition) is 5. The molecule has 1 aliphatic heterocycles. The summed E-state index contributed by atoms with van der Waals surface area (Å²) in [4.78, 5) is 27.1. The first-order valence-corrected chi connectivity index (χ1v) is 9.74. The largest absolute Gasteiger partial charge is 0.493 e. The summed E-state index contributed by atoms with van der Waals surface area (Å²) in [5.41, 5.74) is 1.70. The van der Waals surface area contributed by atoms with E-state index in [9.17, 15) is 9.59 Å². The van der Waals surface area contributed by atoms with Crippen molar-refractivity contribution in [3.63, 3.8) is 0 Å². The molecule has 158 valence electrons. The fourth-order valence-electron chi connectivity index (χ4n) is 3.41. The number of anilines is 1. The Morgan fingerprint density at radius 2 is 1.60 bits per heavy atom. The predicted molar refractivity (Wildman–Crippen MR) is 115 cm³/mol. The third kappa shape index (κ3) is 4.74. The Kier molecular flexibility index (Phi) is 6.95. The predicted octanol–water partition coefficient (Wildman–Crippen LogP) is 3.60. The van der Waals surface area contributed by atoms with Crippen LogP contribution in [0.2, 0.25) is 0 Å². The number of rotatable bonds is 7. The van der Waals surface area contributed by atoms with E-state index in [0.717, 1.165) is 25.9 Å². The molecule has 0 atom stereocenters. The van der Waals surface area contributed by atoms with E-state index in [2.05, 4.69) is 5.32 Å². The molecule has 1 N–H and O–H groups in total. The van der Waals surface area contributed by atoms with Gasteiger partial charge in [-0.1, -0.05) is 12.1 Å². The van der Waals surface area contributed by atoms with Gasteiger partial charge in [0.25, 0.3) is 5.91 Å². The fourth-order valence-corrected chi connectivity index (χ4v) is 3.41. The van der Waals surface area contributed by atoms with Gasteiger partial charge in [0.05, 0.1) is 32.6 Å². The zero-order chi connectivity index (χ0) is 21.5. The summed E-state index contributed by atoms with van der Waals surface area (Å²) in [7, 11) is 4.60. The molecular formula is C23H26N2O5. The Bertz CT molecular complexity index is 923. The number of ether oxygens (including phenoxy) is 3. The van der Waals surface area contributed by atoms with Gasteiger partial charge in [0.1, 0.15) is 0 Å². The molecule has 3 rings (SSSR count). The Labute approximate surface area is 176 Å². The van der Waals surface area contributed by atoms with Crippen molar-refractivity contribution < 1.29 is 23.8 Å². The molecule has 0 unspecified atom stereocenters. The SMILES string of the molecule is COc1cc(/C=C/C(=O)Nc2ccccc2C(=O)N2CCCC2)cc(OC)c1OC. The summed E-state index contributed by atoms with van der Waals surface area (Å²) in [5, 5.41) is 2.80. The maximum absolute atomic E-state index is 12.7. The molecule has 0 saturated carbocycles. The van der Waals surface area contributed by atoms with E-state index in [4.69, 9.17) is 14.2 Å². The minimum Gasteiger partial charge on any atom is -0.493 e. The van der Waals surface area contributed by atoms with Crippen molar-refractivity contribution >= 4 is 23.6 Å². The first-order valence-electron chi connectivity index (χ1n) is 9.74. The minimum atomic E-state index is -0.342. The third-order valence-corrected chi connectivity index (χ3v) is 4.92. The second-order valence-electron chi connectivity index (χ2n) is 6.83. The molecule has 0 spiro atoms. The summed E-state index contributed by atoms with van der Waals surface area (Å²) in [5.74, 6) is 1.08. The van der Waals surface area contributed by atoms with Crippen molar-refractivity contribution in [2.45, 2.75) is 12.8 Å². The molecule has 1 aliphatic rings. The molecule has 1 fully saturated rings. The van der Waals surface area contributed by atoms with Crippen molar-refractivity contribution in [2.24, 2.45) is 0 Å². The van der Waals surface area contributed by atoms with Crippen molar-refractivity contribution in [3.8, 4) is 17.2 Å². The lowest BCUT2D eigenvalue weighted by Crippen LogP contribution is -2.28. The molecule has 7 heteroatoms. The summed E-state index contributed by atoms with van der Waals surface area (Å²) in [6.45, 7) is 1.50. The number of para-hydroxylation sites is 1. The van der Waals surface area contributed by atoms with Crippen LogP contribution < -0.4 is 19.5 Å². The van der Waals surface area contributed by atoms with Gasteiger partial charge in [0.15, 0.2) is 11.5 Å². The van der Waals surface area contributed by atoms with Crippen LogP contribution in [0.1, 0.15) is 28.8 Å². The van der Waals surface area contributed by atoms with E-state index < -0.39 is 0 Å². The van der Waals surface area contributed by atoms with Crippen LogP contribution in [-0.4, -0.2) is 51.1 Å². The lowest BCUT2D eigenvalue weighted by molar-refractivity contribution is -0.111. The highest BCUT2D eigenvalue weighted by atomic mass is 16.5. The van der Waals surface area contributed by atoms with Crippen molar-refractivity contribution in [1.29, 1.82) is 0 Å². The summed E-state index contributed by atoms with van der Waals surface area (Å²) in [6, 6.07) is 10.5. The molecule has 0 radical (unpaired) electrons. The van der Waals surface area contributed by atoms with E-state index in [0.29, 0.717) is 34.1 Å². The number of amides is 2. The number of benzene rings is 2. The van der Waals surface area contributed by atoms with Gasteiger partial charge in [-0.05, 0) is 48.7 Å². The van der Waals surface area contributed by atoms with Gasteiger partial charge in [-0.25, -0.2) is 0 Å². The zero-order valence-corrected chi connectivity index (χ0v) is 17.4. The Morgan fingerprint density at radius 1 is 0.967 bits per heavy atom. The van der Waals surface area contributed by atoms with Crippen molar-refractivity contribution in [2.75, 3.05) is 39.7 Å². The normalized spacial score (nSPS) is 13.4. The van der Waals surface area contributed by atoms with Crippen LogP contribution in [-0.2, 0) is 4.79 Å². The molecule has 7 nitrogen and oxygen atoms in total. The van der Waals surface area contributed by atoms with E-state index in [1.54, 1.807) is 42.5 Å². The molecule has 0 aliphatic carbocycles. The molecule has 0 aromatic heterocycles. The maximum atomic E-state index is 12.7. The number of methoxy groups -OCH3 is 3. The molecule has 30 heavy (non-hydrogen) atoms. The highest BCUT2D eigenvalue weighted by molar-refractivity contribution is 6.07. The van der Waals surface area contributed by atoms with Crippen LogP contribution in [0.15, 0.2) is 42.5 Å². The summed E-state index contributed by atoms with van der Waals surface area (Å²) >= 11 is 0. The van der Waals surface area contributed by atoms with Crippen LogP contribution in [0.3, 0.4) is 0 Å². The highest BCUT2D eigenvalue weighted by Gasteiger charge is 2.22. The maximum Gasteiger partial charge on any atom is 0.255 e. The first kappa shape index (κ1) is 21.2.